The molecule has 0 bridgehead atoms. The zero-order valence-corrected chi connectivity index (χ0v) is 12.2. The molecule has 0 aromatic heterocycles. The van der Waals surface area contributed by atoms with Gasteiger partial charge in [-0.25, -0.2) is 0 Å². The Balaban J connectivity index is 1.96. The summed E-state index contributed by atoms with van der Waals surface area (Å²) in [6.45, 7) is 0. The Labute approximate surface area is 127 Å². The minimum absolute atomic E-state index is 0.233. The van der Waals surface area contributed by atoms with Crippen LogP contribution in [-0.4, -0.2) is 36.7 Å². The highest BCUT2D eigenvalue weighted by atomic mass is 16.2. The Bertz CT molecular complexity index is 784. The molecule has 0 aliphatic carbocycles. The number of nitrogens with zero attached hydrogens (tertiary/aromatic N) is 2. The molecule has 1 heterocycles. The minimum Gasteiger partial charge on any atom is -0.311 e. The highest BCUT2D eigenvalue weighted by Gasteiger charge is 2.33. The molecule has 0 atom stereocenters. The zero-order chi connectivity index (χ0) is 15.9. The van der Waals surface area contributed by atoms with Crippen LogP contribution in [0.25, 0.3) is 0 Å². The van der Waals surface area contributed by atoms with Gasteiger partial charge in [-0.15, -0.1) is 0 Å². The van der Waals surface area contributed by atoms with Gasteiger partial charge in [-0.05, 0) is 30.3 Å². The van der Waals surface area contributed by atoms with E-state index in [0.29, 0.717) is 11.1 Å². The summed E-state index contributed by atoms with van der Waals surface area (Å²) >= 11 is 0. The number of benzene rings is 2. The van der Waals surface area contributed by atoms with Crippen LogP contribution in [0, 0.1) is 0 Å². The molecular weight excluding hydrogens is 280 g/mol. The second-order valence-electron chi connectivity index (χ2n) is 5.13. The normalized spacial score (nSPS) is 13.3. The second kappa shape index (κ2) is 5.11. The molecule has 2 aromatic carbocycles. The van der Waals surface area contributed by atoms with E-state index in [1.54, 1.807) is 13.1 Å². The van der Waals surface area contributed by atoms with Crippen molar-refractivity contribution in [3.63, 3.8) is 0 Å². The maximum Gasteiger partial charge on any atom is 0.261 e. The lowest BCUT2D eigenvalue weighted by Crippen LogP contribution is -2.26. The lowest BCUT2D eigenvalue weighted by Gasteiger charge is -2.17. The number of hydrogen-bond acceptors (Lipinski definition) is 3. The van der Waals surface area contributed by atoms with Gasteiger partial charge in [0, 0.05) is 25.3 Å². The fourth-order valence-electron chi connectivity index (χ4n) is 2.46. The van der Waals surface area contributed by atoms with Crippen LogP contribution in [-0.2, 0) is 0 Å². The summed E-state index contributed by atoms with van der Waals surface area (Å²) in [4.78, 5) is 38.9. The maximum atomic E-state index is 12.5. The van der Waals surface area contributed by atoms with Crippen molar-refractivity contribution >= 4 is 23.4 Å². The first-order valence-electron chi connectivity index (χ1n) is 6.80. The highest BCUT2D eigenvalue weighted by molar-refractivity contribution is 6.22. The molecule has 0 radical (unpaired) electrons. The third kappa shape index (κ3) is 2.07. The molecule has 0 saturated heterocycles. The van der Waals surface area contributed by atoms with Crippen LogP contribution in [0.1, 0.15) is 31.1 Å². The maximum absolute atomic E-state index is 12.5. The van der Waals surface area contributed by atoms with Crippen molar-refractivity contribution in [3.8, 4) is 0 Å². The Morgan fingerprint density at radius 1 is 0.955 bits per heavy atom. The Hall–Kier alpha value is -2.95. The summed E-state index contributed by atoms with van der Waals surface area (Å²) in [5, 5.41) is 0. The SMILES string of the molecule is CN1C(=O)c2ccc(C(=O)N(C)c3ccccc3)cc2C1=O. The third-order valence-electron chi connectivity index (χ3n) is 3.78. The topological polar surface area (TPSA) is 57.7 Å². The van der Waals surface area contributed by atoms with Crippen LogP contribution >= 0.6 is 0 Å². The van der Waals surface area contributed by atoms with Gasteiger partial charge in [-0.1, -0.05) is 18.2 Å². The van der Waals surface area contributed by atoms with Crippen LogP contribution in [0.2, 0.25) is 0 Å². The molecule has 2 aromatic rings. The van der Waals surface area contributed by atoms with Crippen LogP contribution in [0.5, 0.6) is 0 Å². The van der Waals surface area contributed by atoms with Gasteiger partial charge in [0.1, 0.15) is 0 Å². The molecule has 0 saturated carbocycles. The first-order valence-corrected chi connectivity index (χ1v) is 6.80. The molecule has 110 valence electrons. The summed E-state index contributed by atoms with van der Waals surface area (Å²) in [5.74, 6) is -0.948. The van der Waals surface area contributed by atoms with Gasteiger partial charge in [-0.2, -0.15) is 0 Å². The summed E-state index contributed by atoms with van der Waals surface area (Å²) in [7, 11) is 3.10. The van der Waals surface area contributed by atoms with E-state index in [0.717, 1.165) is 10.6 Å². The number of rotatable bonds is 2. The van der Waals surface area contributed by atoms with Crippen molar-refractivity contribution in [1.82, 2.24) is 4.90 Å². The zero-order valence-electron chi connectivity index (χ0n) is 12.2. The van der Waals surface area contributed by atoms with Gasteiger partial charge in [0.15, 0.2) is 0 Å². The average Bonchev–Trinajstić information content (AvgIpc) is 2.78. The van der Waals surface area contributed by atoms with Crippen molar-refractivity contribution in [1.29, 1.82) is 0 Å². The number of amides is 3. The molecular formula is C17H14N2O3. The molecule has 0 fully saturated rings. The Morgan fingerprint density at radius 2 is 1.59 bits per heavy atom. The quantitative estimate of drug-likeness (QED) is 0.798. The standard InChI is InChI=1S/C17H14N2O3/c1-18(12-6-4-3-5-7-12)15(20)11-8-9-13-14(10-11)17(22)19(2)16(13)21/h3-10H,1-2H3. The van der Waals surface area contributed by atoms with Gasteiger partial charge in [0.2, 0.25) is 0 Å². The molecule has 5 heteroatoms. The molecule has 3 amide bonds. The van der Waals surface area contributed by atoms with Crippen molar-refractivity contribution < 1.29 is 14.4 Å². The van der Waals surface area contributed by atoms with E-state index in [9.17, 15) is 14.4 Å². The smallest absolute Gasteiger partial charge is 0.261 e. The summed E-state index contributed by atoms with van der Waals surface area (Å²) < 4.78 is 0. The van der Waals surface area contributed by atoms with E-state index in [2.05, 4.69) is 0 Å². The number of carbonyl (C=O) groups excluding carboxylic acids is 3. The third-order valence-corrected chi connectivity index (χ3v) is 3.78. The molecule has 1 aliphatic rings. The van der Waals surface area contributed by atoms with Gasteiger partial charge in [0.25, 0.3) is 17.7 Å². The minimum atomic E-state index is -0.378. The van der Waals surface area contributed by atoms with Crippen molar-refractivity contribution in [2.45, 2.75) is 0 Å². The fourth-order valence-corrected chi connectivity index (χ4v) is 2.46. The summed E-state index contributed by atoms with van der Waals surface area (Å²) in [6.07, 6.45) is 0. The summed E-state index contributed by atoms with van der Waals surface area (Å²) in [6, 6.07) is 13.8. The van der Waals surface area contributed by atoms with Crippen molar-refractivity contribution in [3.05, 3.63) is 65.2 Å². The van der Waals surface area contributed by atoms with Crippen molar-refractivity contribution in [2.75, 3.05) is 19.0 Å². The molecule has 1 aliphatic heterocycles. The predicted molar refractivity (Wildman–Crippen MR) is 82.0 cm³/mol. The number of carbonyl (C=O) groups is 3. The number of para-hydroxylation sites is 1. The summed E-state index contributed by atoms with van der Waals surface area (Å²) in [5.41, 5.74) is 1.75. The molecule has 0 spiro atoms. The van der Waals surface area contributed by atoms with Crippen LogP contribution < -0.4 is 4.90 Å². The predicted octanol–water partition coefficient (Wildman–Crippen LogP) is 2.19. The monoisotopic (exact) mass is 294 g/mol. The number of anilines is 1. The number of fused-ring (bicyclic) bond motifs is 1. The molecule has 22 heavy (non-hydrogen) atoms. The first-order chi connectivity index (χ1) is 10.5. The largest absolute Gasteiger partial charge is 0.311 e. The Kier molecular flexibility index (Phi) is 3.25. The first kappa shape index (κ1) is 14.0. The van der Waals surface area contributed by atoms with Crippen LogP contribution in [0.4, 0.5) is 5.69 Å². The molecule has 3 rings (SSSR count). The van der Waals surface area contributed by atoms with Gasteiger partial charge in [0.05, 0.1) is 11.1 Å². The molecule has 5 nitrogen and oxygen atoms in total. The van der Waals surface area contributed by atoms with E-state index in [4.69, 9.17) is 0 Å². The van der Waals surface area contributed by atoms with Crippen LogP contribution in [0.3, 0.4) is 0 Å². The van der Waals surface area contributed by atoms with Gasteiger partial charge >= 0.3 is 0 Å². The van der Waals surface area contributed by atoms with E-state index in [-0.39, 0.29) is 23.3 Å². The van der Waals surface area contributed by atoms with E-state index in [1.165, 1.54) is 24.1 Å². The van der Waals surface area contributed by atoms with E-state index < -0.39 is 0 Å². The number of imide groups is 1. The fraction of sp³-hybridized carbons (Fsp3) is 0.118. The lowest BCUT2D eigenvalue weighted by molar-refractivity contribution is 0.0693. The van der Waals surface area contributed by atoms with Crippen LogP contribution in [0.15, 0.2) is 48.5 Å². The van der Waals surface area contributed by atoms with Crippen molar-refractivity contribution in [2.24, 2.45) is 0 Å². The molecule has 0 unspecified atom stereocenters. The molecule has 0 N–H and O–H groups in total. The lowest BCUT2D eigenvalue weighted by atomic mass is 10.0. The Morgan fingerprint density at radius 3 is 2.27 bits per heavy atom. The average molecular weight is 294 g/mol. The second-order valence-corrected chi connectivity index (χ2v) is 5.13. The van der Waals surface area contributed by atoms with Gasteiger partial charge < -0.3 is 4.90 Å². The van der Waals surface area contributed by atoms with Gasteiger partial charge in [-0.3, -0.25) is 19.3 Å². The van der Waals surface area contributed by atoms with E-state index in [1.807, 2.05) is 30.3 Å². The highest BCUT2D eigenvalue weighted by Crippen LogP contribution is 2.24. The van der Waals surface area contributed by atoms with E-state index >= 15 is 0 Å². The number of hydrogen-bond donors (Lipinski definition) is 0.